The monoisotopic (exact) mass is 390 g/mol. The highest BCUT2D eigenvalue weighted by Crippen LogP contribution is 2.18. The lowest BCUT2D eigenvalue weighted by Crippen LogP contribution is -2.33. The van der Waals surface area contributed by atoms with Crippen LogP contribution in [-0.4, -0.2) is 21.6 Å². The molecule has 0 spiro atoms. The van der Waals surface area contributed by atoms with E-state index < -0.39 is 11.5 Å². The zero-order valence-electron chi connectivity index (χ0n) is 16.3. The Balaban J connectivity index is 1.95. The first-order chi connectivity index (χ1) is 13.9. The molecule has 3 aromatic rings. The number of anilines is 2. The molecule has 148 valence electrons. The summed E-state index contributed by atoms with van der Waals surface area (Å²) in [7, 11) is 0. The fourth-order valence-corrected chi connectivity index (χ4v) is 2.62. The maximum Gasteiger partial charge on any atom is 0.291 e. The van der Waals surface area contributed by atoms with Gasteiger partial charge in [-0.05, 0) is 18.2 Å². The Hall–Kier alpha value is -3.74. The van der Waals surface area contributed by atoms with Crippen LogP contribution in [0.3, 0.4) is 0 Å². The Morgan fingerprint density at radius 3 is 2.21 bits per heavy atom. The first-order valence-electron chi connectivity index (χ1n) is 9.27. The average molecular weight is 390 g/mol. The Bertz CT molecular complexity index is 1060. The molecule has 0 bridgehead atoms. The highest BCUT2D eigenvalue weighted by Gasteiger charge is 2.16. The minimum absolute atomic E-state index is 0.0880. The van der Waals surface area contributed by atoms with Gasteiger partial charge in [-0.2, -0.15) is 5.10 Å². The van der Waals surface area contributed by atoms with Crippen LogP contribution in [-0.2, 0) is 16.1 Å². The van der Waals surface area contributed by atoms with Crippen molar-refractivity contribution < 1.29 is 9.59 Å². The van der Waals surface area contributed by atoms with Crippen LogP contribution in [0.15, 0.2) is 71.5 Å². The van der Waals surface area contributed by atoms with E-state index in [1.165, 1.54) is 6.07 Å². The number of carbonyl (C=O) groups is 2. The van der Waals surface area contributed by atoms with Crippen molar-refractivity contribution in [2.45, 2.75) is 20.4 Å². The van der Waals surface area contributed by atoms with Crippen molar-refractivity contribution in [3.63, 3.8) is 0 Å². The number of nitrogens with zero attached hydrogens (tertiary/aromatic N) is 2. The lowest BCUT2D eigenvalue weighted by atomic mass is 10.1. The molecule has 0 aliphatic heterocycles. The van der Waals surface area contributed by atoms with Gasteiger partial charge in [0.2, 0.25) is 11.8 Å². The van der Waals surface area contributed by atoms with Gasteiger partial charge >= 0.3 is 0 Å². The molecule has 2 N–H and O–H groups in total. The Kier molecular flexibility index (Phi) is 6.19. The number of amides is 2. The Morgan fingerprint density at radius 2 is 1.59 bits per heavy atom. The second-order valence-corrected chi connectivity index (χ2v) is 6.83. The zero-order valence-corrected chi connectivity index (χ0v) is 16.3. The van der Waals surface area contributed by atoms with E-state index in [0.717, 1.165) is 10.2 Å². The van der Waals surface area contributed by atoms with Gasteiger partial charge in [0.25, 0.3) is 5.56 Å². The van der Waals surface area contributed by atoms with Crippen molar-refractivity contribution in [2.75, 3.05) is 10.6 Å². The third kappa shape index (κ3) is 5.16. The number of hydrogen-bond acceptors (Lipinski definition) is 4. The van der Waals surface area contributed by atoms with Gasteiger partial charge in [0.1, 0.15) is 12.2 Å². The van der Waals surface area contributed by atoms with E-state index in [1.54, 1.807) is 38.1 Å². The molecule has 7 nitrogen and oxygen atoms in total. The van der Waals surface area contributed by atoms with Crippen molar-refractivity contribution >= 4 is 23.2 Å². The summed E-state index contributed by atoms with van der Waals surface area (Å²) in [6, 6.07) is 19.7. The van der Waals surface area contributed by atoms with E-state index in [-0.39, 0.29) is 24.1 Å². The quantitative estimate of drug-likeness (QED) is 0.676. The first-order valence-corrected chi connectivity index (χ1v) is 9.27. The molecule has 0 saturated heterocycles. The second-order valence-electron chi connectivity index (χ2n) is 6.83. The summed E-state index contributed by atoms with van der Waals surface area (Å²) in [6.45, 7) is 3.19. The molecule has 0 fully saturated rings. The molecular formula is C22H22N4O3. The molecule has 3 rings (SSSR count). The SMILES string of the molecule is CC(C)C(=O)Nc1cc(-c2ccccc2)nn(CC(=O)Nc2ccccc2)c1=O. The molecule has 0 saturated carbocycles. The van der Waals surface area contributed by atoms with E-state index in [4.69, 9.17) is 0 Å². The van der Waals surface area contributed by atoms with Crippen LogP contribution in [0.2, 0.25) is 0 Å². The molecule has 2 amide bonds. The van der Waals surface area contributed by atoms with Gasteiger partial charge < -0.3 is 10.6 Å². The third-order valence-corrected chi connectivity index (χ3v) is 4.18. The van der Waals surface area contributed by atoms with Gasteiger partial charge in [0.05, 0.1) is 5.69 Å². The number of rotatable bonds is 6. The van der Waals surface area contributed by atoms with Crippen LogP contribution in [0, 0.1) is 5.92 Å². The molecule has 0 radical (unpaired) electrons. The number of carbonyl (C=O) groups excluding carboxylic acids is 2. The molecule has 2 aromatic carbocycles. The Labute approximate surface area is 168 Å². The minimum atomic E-state index is -0.540. The van der Waals surface area contributed by atoms with Crippen molar-refractivity contribution in [1.29, 1.82) is 0 Å². The van der Waals surface area contributed by atoms with Crippen LogP contribution >= 0.6 is 0 Å². The number of para-hydroxylation sites is 1. The maximum absolute atomic E-state index is 12.8. The topological polar surface area (TPSA) is 93.1 Å². The number of benzene rings is 2. The molecule has 1 aromatic heterocycles. The highest BCUT2D eigenvalue weighted by atomic mass is 16.2. The summed E-state index contributed by atoms with van der Waals surface area (Å²) in [6.07, 6.45) is 0. The largest absolute Gasteiger partial charge is 0.324 e. The lowest BCUT2D eigenvalue weighted by Gasteiger charge is -2.13. The van der Waals surface area contributed by atoms with Gasteiger partial charge in [0, 0.05) is 17.2 Å². The smallest absolute Gasteiger partial charge is 0.291 e. The summed E-state index contributed by atoms with van der Waals surface area (Å²) >= 11 is 0. The van der Waals surface area contributed by atoms with E-state index in [1.807, 2.05) is 36.4 Å². The van der Waals surface area contributed by atoms with Gasteiger partial charge in [-0.25, -0.2) is 4.68 Å². The minimum Gasteiger partial charge on any atom is -0.324 e. The normalized spacial score (nSPS) is 10.6. The van der Waals surface area contributed by atoms with Crippen LogP contribution in [0.4, 0.5) is 11.4 Å². The number of aromatic nitrogens is 2. The molecular weight excluding hydrogens is 368 g/mol. The van der Waals surface area contributed by atoms with E-state index >= 15 is 0 Å². The van der Waals surface area contributed by atoms with Gasteiger partial charge in [-0.3, -0.25) is 14.4 Å². The fourth-order valence-electron chi connectivity index (χ4n) is 2.62. The molecule has 0 aliphatic carbocycles. The number of nitrogens with one attached hydrogen (secondary N) is 2. The van der Waals surface area contributed by atoms with Gasteiger partial charge in [-0.15, -0.1) is 0 Å². The molecule has 0 atom stereocenters. The lowest BCUT2D eigenvalue weighted by molar-refractivity contribution is -0.119. The second kappa shape index (κ2) is 8.97. The summed E-state index contributed by atoms with van der Waals surface area (Å²) in [5.41, 5.74) is 1.42. The molecule has 29 heavy (non-hydrogen) atoms. The van der Waals surface area contributed by atoms with Crippen LogP contribution < -0.4 is 16.2 Å². The number of hydrogen-bond donors (Lipinski definition) is 2. The van der Waals surface area contributed by atoms with Crippen molar-refractivity contribution in [3.05, 3.63) is 77.1 Å². The zero-order chi connectivity index (χ0) is 20.8. The Morgan fingerprint density at radius 1 is 0.966 bits per heavy atom. The van der Waals surface area contributed by atoms with Crippen molar-refractivity contribution in [2.24, 2.45) is 5.92 Å². The summed E-state index contributed by atoms with van der Waals surface area (Å²) < 4.78 is 1.07. The van der Waals surface area contributed by atoms with Gasteiger partial charge in [-0.1, -0.05) is 62.4 Å². The first kappa shape index (κ1) is 20.0. The predicted molar refractivity (Wildman–Crippen MR) is 112 cm³/mol. The predicted octanol–water partition coefficient (Wildman–Crippen LogP) is 3.14. The van der Waals surface area contributed by atoms with Gasteiger partial charge in [0.15, 0.2) is 0 Å². The van der Waals surface area contributed by atoms with Crippen molar-refractivity contribution in [1.82, 2.24) is 9.78 Å². The molecule has 1 heterocycles. The summed E-state index contributed by atoms with van der Waals surface area (Å²) in [4.78, 5) is 37.4. The summed E-state index contributed by atoms with van der Waals surface area (Å²) in [5.74, 6) is -0.970. The standard InChI is InChI=1S/C22H22N4O3/c1-15(2)21(28)24-19-13-18(16-9-5-3-6-10-16)25-26(22(19)29)14-20(27)23-17-11-7-4-8-12-17/h3-13,15H,14H2,1-2H3,(H,23,27)(H,24,28). The summed E-state index contributed by atoms with van der Waals surface area (Å²) in [5, 5.41) is 9.70. The maximum atomic E-state index is 12.8. The third-order valence-electron chi connectivity index (χ3n) is 4.18. The highest BCUT2D eigenvalue weighted by molar-refractivity contribution is 5.93. The van der Waals surface area contributed by atoms with E-state index in [0.29, 0.717) is 11.4 Å². The van der Waals surface area contributed by atoms with E-state index in [2.05, 4.69) is 15.7 Å². The van der Waals surface area contributed by atoms with Crippen LogP contribution in [0.1, 0.15) is 13.8 Å². The van der Waals surface area contributed by atoms with Crippen LogP contribution in [0.25, 0.3) is 11.3 Å². The van der Waals surface area contributed by atoms with Crippen molar-refractivity contribution in [3.8, 4) is 11.3 Å². The molecule has 0 aliphatic rings. The molecule has 0 unspecified atom stereocenters. The average Bonchev–Trinajstić information content (AvgIpc) is 2.72. The fraction of sp³-hybridized carbons (Fsp3) is 0.182. The van der Waals surface area contributed by atoms with Crippen LogP contribution in [0.5, 0.6) is 0 Å². The molecule has 7 heteroatoms. The van der Waals surface area contributed by atoms with E-state index in [9.17, 15) is 14.4 Å².